The lowest BCUT2D eigenvalue weighted by molar-refractivity contribution is -0.121. The van der Waals surface area contributed by atoms with Crippen LogP contribution in [0.2, 0.25) is 0 Å². The molecule has 1 aliphatic rings. The normalized spacial score (nSPS) is 19.8. The molecule has 26 heavy (non-hydrogen) atoms. The summed E-state index contributed by atoms with van der Waals surface area (Å²) in [4.78, 5) is 22.2. The predicted molar refractivity (Wildman–Crippen MR) is 101 cm³/mol. The number of rotatable bonds is 7. The van der Waals surface area contributed by atoms with Gasteiger partial charge in [-0.3, -0.25) is 14.8 Å². The number of hydrogen-bond acceptors (Lipinski definition) is 5. The Morgan fingerprint density at radius 3 is 2.69 bits per heavy atom. The Labute approximate surface area is 154 Å². The summed E-state index contributed by atoms with van der Waals surface area (Å²) in [5.74, 6) is 0.786. The highest BCUT2D eigenvalue weighted by molar-refractivity contribution is 5.61. The molecule has 1 fully saturated rings. The molecule has 138 valence electrons. The maximum atomic E-state index is 11.8. The molecule has 2 aromatic rings. The number of hydrogen-bond donors (Lipinski definition) is 1. The fraction of sp³-hybridized carbons (Fsp3) is 0.450. The molecule has 1 aromatic carbocycles. The van der Waals surface area contributed by atoms with Crippen LogP contribution in [0.5, 0.6) is 5.75 Å². The van der Waals surface area contributed by atoms with Crippen molar-refractivity contribution in [3.63, 3.8) is 0 Å². The summed E-state index contributed by atoms with van der Waals surface area (Å²) in [5, 5.41) is 3.34. The van der Waals surface area contributed by atoms with Gasteiger partial charge >= 0.3 is 0 Å². The van der Waals surface area contributed by atoms with Crippen LogP contribution in [0.25, 0.3) is 11.3 Å². The second-order valence-electron chi connectivity index (χ2n) is 6.69. The zero-order chi connectivity index (χ0) is 18.4. The zero-order valence-electron chi connectivity index (χ0n) is 15.4. The van der Waals surface area contributed by atoms with Gasteiger partial charge in [0.15, 0.2) is 0 Å². The van der Waals surface area contributed by atoms with E-state index in [0.29, 0.717) is 12.6 Å². The van der Waals surface area contributed by atoms with Crippen LogP contribution >= 0.6 is 0 Å². The SMILES string of the molecule is CNC1CCC(N(C=O)Cc2cc(-c3cnccn3)ccc2OC)CC1. The molecule has 6 heteroatoms. The van der Waals surface area contributed by atoms with Crippen molar-refractivity contribution in [3.8, 4) is 17.0 Å². The van der Waals surface area contributed by atoms with E-state index in [4.69, 9.17) is 4.74 Å². The largest absolute Gasteiger partial charge is 0.496 e. The monoisotopic (exact) mass is 354 g/mol. The van der Waals surface area contributed by atoms with Crippen molar-refractivity contribution < 1.29 is 9.53 Å². The lowest BCUT2D eigenvalue weighted by Gasteiger charge is -2.35. The third-order valence-electron chi connectivity index (χ3n) is 5.20. The number of carbonyl (C=O) groups is 1. The molecule has 0 radical (unpaired) electrons. The molecule has 3 rings (SSSR count). The van der Waals surface area contributed by atoms with E-state index in [-0.39, 0.29) is 6.04 Å². The number of benzene rings is 1. The van der Waals surface area contributed by atoms with Gasteiger partial charge < -0.3 is 15.0 Å². The molecule has 1 aliphatic carbocycles. The Morgan fingerprint density at radius 2 is 2.08 bits per heavy atom. The maximum Gasteiger partial charge on any atom is 0.210 e. The first-order valence-corrected chi connectivity index (χ1v) is 9.06. The van der Waals surface area contributed by atoms with Gasteiger partial charge in [-0.05, 0) is 50.9 Å². The topological polar surface area (TPSA) is 67.4 Å². The van der Waals surface area contributed by atoms with Crippen LogP contribution in [0.3, 0.4) is 0 Å². The van der Waals surface area contributed by atoms with Crippen molar-refractivity contribution >= 4 is 6.41 Å². The first-order valence-electron chi connectivity index (χ1n) is 9.06. The average molecular weight is 354 g/mol. The summed E-state index contributed by atoms with van der Waals surface area (Å²) >= 11 is 0. The molecule has 0 spiro atoms. The second kappa shape index (κ2) is 8.76. The van der Waals surface area contributed by atoms with Crippen molar-refractivity contribution in [1.82, 2.24) is 20.2 Å². The van der Waals surface area contributed by atoms with Crippen LogP contribution in [0, 0.1) is 0 Å². The van der Waals surface area contributed by atoms with Gasteiger partial charge in [0, 0.05) is 42.1 Å². The molecule has 1 heterocycles. The molecule has 6 nitrogen and oxygen atoms in total. The molecule has 0 aliphatic heterocycles. The lowest BCUT2D eigenvalue weighted by atomic mass is 9.90. The number of nitrogens with zero attached hydrogens (tertiary/aromatic N) is 3. The van der Waals surface area contributed by atoms with Crippen LogP contribution in [0.1, 0.15) is 31.2 Å². The standard InChI is InChI=1S/C20H26N4O2/c1-21-17-4-6-18(7-5-17)24(14-25)13-16-11-15(3-8-20(16)26-2)19-12-22-9-10-23-19/h3,8-12,14,17-18,21H,4-7,13H2,1-2H3. The average Bonchev–Trinajstić information content (AvgIpc) is 2.72. The van der Waals surface area contributed by atoms with Gasteiger partial charge in [-0.15, -0.1) is 0 Å². The second-order valence-corrected chi connectivity index (χ2v) is 6.69. The predicted octanol–water partition coefficient (Wildman–Crippen LogP) is 2.64. The van der Waals surface area contributed by atoms with E-state index < -0.39 is 0 Å². The van der Waals surface area contributed by atoms with Gasteiger partial charge in [0.05, 0.1) is 19.0 Å². The molecular formula is C20H26N4O2. The summed E-state index contributed by atoms with van der Waals surface area (Å²) in [6, 6.07) is 6.78. The summed E-state index contributed by atoms with van der Waals surface area (Å²) in [6.45, 7) is 0.537. The molecule has 1 saturated carbocycles. The third-order valence-corrected chi connectivity index (χ3v) is 5.20. The smallest absolute Gasteiger partial charge is 0.210 e. The summed E-state index contributed by atoms with van der Waals surface area (Å²) in [6.07, 6.45) is 10.3. The van der Waals surface area contributed by atoms with Gasteiger partial charge in [-0.1, -0.05) is 0 Å². The van der Waals surface area contributed by atoms with Crippen molar-refractivity contribution in [1.29, 1.82) is 0 Å². The fourth-order valence-corrected chi connectivity index (χ4v) is 3.65. The highest BCUT2D eigenvalue weighted by Crippen LogP contribution is 2.29. The maximum absolute atomic E-state index is 11.8. The molecular weight excluding hydrogens is 328 g/mol. The number of aromatic nitrogens is 2. The van der Waals surface area contributed by atoms with Crippen LogP contribution in [0.15, 0.2) is 36.8 Å². The number of ether oxygens (including phenoxy) is 1. The Morgan fingerprint density at radius 1 is 1.27 bits per heavy atom. The van der Waals surface area contributed by atoms with E-state index in [0.717, 1.165) is 54.7 Å². The number of carbonyl (C=O) groups excluding carboxylic acids is 1. The molecule has 0 unspecified atom stereocenters. The molecule has 0 saturated heterocycles. The van der Waals surface area contributed by atoms with Gasteiger partial charge in [-0.25, -0.2) is 0 Å². The van der Waals surface area contributed by atoms with Crippen LogP contribution in [0.4, 0.5) is 0 Å². The molecule has 1 amide bonds. The number of methoxy groups -OCH3 is 1. The Bertz CT molecular complexity index is 715. The van der Waals surface area contributed by atoms with Crippen LogP contribution in [-0.4, -0.2) is 47.5 Å². The summed E-state index contributed by atoms with van der Waals surface area (Å²) in [7, 11) is 3.66. The molecule has 0 atom stereocenters. The number of amides is 1. The van der Waals surface area contributed by atoms with E-state index in [1.807, 2.05) is 30.1 Å². The van der Waals surface area contributed by atoms with Gasteiger partial charge in [-0.2, -0.15) is 0 Å². The number of nitrogens with one attached hydrogen (secondary N) is 1. The van der Waals surface area contributed by atoms with Crippen LogP contribution in [-0.2, 0) is 11.3 Å². The highest BCUT2D eigenvalue weighted by atomic mass is 16.5. The minimum Gasteiger partial charge on any atom is -0.496 e. The molecule has 1 aromatic heterocycles. The molecule has 1 N–H and O–H groups in total. The van der Waals surface area contributed by atoms with E-state index >= 15 is 0 Å². The van der Waals surface area contributed by atoms with Gasteiger partial charge in [0.2, 0.25) is 6.41 Å². The van der Waals surface area contributed by atoms with Gasteiger partial charge in [0.1, 0.15) is 5.75 Å². The highest BCUT2D eigenvalue weighted by Gasteiger charge is 2.25. The minimum atomic E-state index is 0.280. The van der Waals surface area contributed by atoms with E-state index in [9.17, 15) is 4.79 Å². The van der Waals surface area contributed by atoms with E-state index in [1.165, 1.54) is 0 Å². The van der Waals surface area contributed by atoms with Gasteiger partial charge in [0.25, 0.3) is 0 Å². The minimum absolute atomic E-state index is 0.280. The third kappa shape index (κ3) is 4.19. The fourth-order valence-electron chi connectivity index (χ4n) is 3.65. The van der Waals surface area contributed by atoms with Crippen LogP contribution < -0.4 is 10.1 Å². The first-order chi connectivity index (χ1) is 12.7. The summed E-state index contributed by atoms with van der Waals surface area (Å²) in [5.41, 5.74) is 2.76. The van der Waals surface area contributed by atoms with Crippen molar-refractivity contribution in [3.05, 3.63) is 42.4 Å². The van der Waals surface area contributed by atoms with Crippen molar-refractivity contribution in [2.45, 2.75) is 44.3 Å². The molecule has 0 bridgehead atoms. The van der Waals surface area contributed by atoms with Crippen molar-refractivity contribution in [2.75, 3.05) is 14.2 Å². The Hall–Kier alpha value is -2.47. The summed E-state index contributed by atoms with van der Waals surface area (Å²) < 4.78 is 5.51. The Kier molecular flexibility index (Phi) is 6.17. The zero-order valence-corrected chi connectivity index (χ0v) is 15.4. The first kappa shape index (κ1) is 18.3. The van der Waals surface area contributed by atoms with E-state index in [2.05, 4.69) is 15.3 Å². The van der Waals surface area contributed by atoms with Crippen molar-refractivity contribution in [2.24, 2.45) is 0 Å². The lowest BCUT2D eigenvalue weighted by Crippen LogP contribution is -2.40. The van der Waals surface area contributed by atoms with E-state index in [1.54, 1.807) is 25.7 Å². The quantitative estimate of drug-likeness (QED) is 0.774. The Balaban J connectivity index is 1.79.